The molecule has 0 aliphatic carbocycles. The van der Waals surface area contributed by atoms with Crippen molar-refractivity contribution < 1.29 is 19.0 Å². The van der Waals surface area contributed by atoms with Crippen LogP contribution in [0.1, 0.15) is 16.1 Å². The third-order valence-electron chi connectivity index (χ3n) is 3.65. The van der Waals surface area contributed by atoms with Crippen molar-refractivity contribution in [3.63, 3.8) is 0 Å². The van der Waals surface area contributed by atoms with Crippen LogP contribution in [0.3, 0.4) is 0 Å². The first-order chi connectivity index (χ1) is 11.2. The molecule has 0 atom stereocenters. The second-order valence-electron chi connectivity index (χ2n) is 5.14. The zero-order valence-electron chi connectivity index (χ0n) is 12.0. The molecule has 0 unspecified atom stereocenters. The quantitative estimate of drug-likeness (QED) is 0.704. The molecule has 1 aromatic heterocycles. The Morgan fingerprint density at radius 3 is 2.78 bits per heavy atom. The van der Waals surface area contributed by atoms with Gasteiger partial charge < -0.3 is 19.2 Å². The van der Waals surface area contributed by atoms with Gasteiger partial charge in [0.05, 0.1) is 0 Å². The van der Waals surface area contributed by atoms with Gasteiger partial charge in [0.15, 0.2) is 11.5 Å². The van der Waals surface area contributed by atoms with E-state index in [-0.39, 0.29) is 13.4 Å². The molecular weight excluding hydrogens is 362 g/mol. The summed E-state index contributed by atoms with van der Waals surface area (Å²) >= 11 is 3.45. The molecule has 1 N–H and O–H groups in total. The van der Waals surface area contributed by atoms with Gasteiger partial charge in [-0.3, -0.25) is 0 Å². The maximum Gasteiger partial charge on any atom is 0.355 e. The van der Waals surface area contributed by atoms with Crippen molar-refractivity contribution in [3.8, 4) is 11.5 Å². The van der Waals surface area contributed by atoms with Crippen LogP contribution in [0.5, 0.6) is 11.5 Å². The molecule has 2 aromatic carbocycles. The highest BCUT2D eigenvalue weighted by Crippen LogP contribution is 2.37. The molecule has 0 radical (unpaired) electrons. The molecule has 116 valence electrons. The standard InChI is InChI=1S/C17H12BrNO4/c18-12-7-16-15(22-9-23-16)6-11(12)8-21-17(20)14-5-10-3-1-2-4-13(10)19-14/h1-7,19H,8-9H2. The van der Waals surface area contributed by atoms with E-state index < -0.39 is 5.97 Å². The zero-order valence-corrected chi connectivity index (χ0v) is 13.6. The number of benzene rings is 2. The van der Waals surface area contributed by atoms with Crippen LogP contribution in [0, 0.1) is 0 Å². The molecule has 0 amide bonds. The first-order valence-electron chi connectivity index (χ1n) is 7.03. The number of para-hydroxylation sites is 1. The van der Waals surface area contributed by atoms with Crippen LogP contribution in [0.2, 0.25) is 0 Å². The Morgan fingerprint density at radius 1 is 1.17 bits per heavy atom. The van der Waals surface area contributed by atoms with Crippen molar-refractivity contribution in [1.29, 1.82) is 0 Å². The number of carbonyl (C=O) groups excluding carboxylic acids is 1. The Bertz CT molecular complexity index is 870. The second-order valence-corrected chi connectivity index (χ2v) is 6.00. The van der Waals surface area contributed by atoms with Gasteiger partial charge in [0.2, 0.25) is 6.79 Å². The fourth-order valence-electron chi connectivity index (χ4n) is 2.47. The Kier molecular flexibility index (Phi) is 3.46. The molecule has 0 spiro atoms. The van der Waals surface area contributed by atoms with Crippen LogP contribution in [0.15, 0.2) is 46.9 Å². The normalized spacial score (nSPS) is 12.6. The first-order valence-corrected chi connectivity index (χ1v) is 7.83. The Balaban J connectivity index is 1.51. The molecule has 0 bridgehead atoms. The van der Waals surface area contributed by atoms with Gasteiger partial charge in [0.1, 0.15) is 12.3 Å². The highest BCUT2D eigenvalue weighted by atomic mass is 79.9. The van der Waals surface area contributed by atoms with Crippen LogP contribution in [-0.4, -0.2) is 17.7 Å². The predicted molar refractivity (Wildman–Crippen MR) is 87.7 cm³/mol. The highest BCUT2D eigenvalue weighted by Gasteiger charge is 2.18. The minimum atomic E-state index is -0.397. The van der Waals surface area contributed by atoms with Crippen molar-refractivity contribution in [1.82, 2.24) is 4.98 Å². The fraction of sp³-hybridized carbons (Fsp3) is 0.118. The van der Waals surface area contributed by atoms with Crippen LogP contribution in [-0.2, 0) is 11.3 Å². The molecule has 4 rings (SSSR count). The summed E-state index contributed by atoms with van der Waals surface area (Å²) < 4.78 is 16.8. The number of H-pyrrole nitrogens is 1. The summed E-state index contributed by atoms with van der Waals surface area (Å²) in [5, 5.41) is 0.976. The summed E-state index contributed by atoms with van der Waals surface area (Å²) in [6.45, 7) is 0.353. The Hall–Kier alpha value is -2.47. The first kappa shape index (κ1) is 14.1. The van der Waals surface area contributed by atoms with E-state index in [2.05, 4.69) is 20.9 Å². The Labute approximate surface area is 140 Å². The number of halogens is 1. The van der Waals surface area contributed by atoms with Crippen LogP contribution >= 0.6 is 15.9 Å². The summed E-state index contributed by atoms with van der Waals surface area (Å²) in [6, 6.07) is 13.1. The van der Waals surface area contributed by atoms with E-state index in [1.807, 2.05) is 36.4 Å². The third kappa shape index (κ3) is 2.66. The summed E-state index contributed by atoms with van der Waals surface area (Å²) in [5.41, 5.74) is 2.16. The number of aromatic nitrogens is 1. The summed E-state index contributed by atoms with van der Waals surface area (Å²) in [7, 11) is 0. The lowest BCUT2D eigenvalue weighted by Gasteiger charge is -2.07. The third-order valence-corrected chi connectivity index (χ3v) is 4.39. The van der Waals surface area contributed by atoms with Gasteiger partial charge in [-0.15, -0.1) is 0 Å². The minimum Gasteiger partial charge on any atom is -0.456 e. The SMILES string of the molecule is O=C(OCc1cc2c(cc1Br)OCO2)c1cc2ccccc2[nH]1. The molecule has 1 aliphatic rings. The number of fused-ring (bicyclic) bond motifs is 2. The molecule has 23 heavy (non-hydrogen) atoms. The van der Waals surface area contributed by atoms with Crippen molar-refractivity contribution in [3.05, 3.63) is 58.2 Å². The summed E-state index contributed by atoms with van der Waals surface area (Å²) in [4.78, 5) is 15.3. The van der Waals surface area contributed by atoms with E-state index in [4.69, 9.17) is 14.2 Å². The number of rotatable bonds is 3. The maximum atomic E-state index is 12.2. The topological polar surface area (TPSA) is 60.6 Å². The van der Waals surface area contributed by atoms with Gasteiger partial charge in [0.25, 0.3) is 0 Å². The predicted octanol–water partition coefficient (Wildman–Crippen LogP) is 4.02. The number of hydrogen-bond acceptors (Lipinski definition) is 4. The average Bonchev–Trinajstić information content (AvgIpc) is 3.18. The van der Waals surface area contributed by atoms with Crippen molar-refractivity contribution in [2.24, 2.45) is 0 Å². The number of ether oxygens (including phenoxy) is 3. The number of carbonyl (C=O) groups is 1. The molecule has 2 heterocycles. The van der Waals surface area contributed by atoms with Gasteiger partial charge in [-0.05, 0) is 24.3 Å². The van der Waals surface area contributed by atoms with Crippen molar-refractivity contribution >= 4 is 32.8 Å². The lowest BCUT2D eigenvalue weighted by molar-refractivity contribution is 0.0466. The minimum absolute atomic E-state index is 0.144. The monoisotopic (exact) mass is 373 g/mol. The number of esters is 1. The maximum absolute atomic E-state index is 12.2. The van der Waals surface area contributed by atoms with Crippen LogP contribution in [0.4, 0.5) is 0 Å². The van der Waals surface area contributed by atoms with Crippen LogP contribution in [0.25, 0.3) is 10.9 Å². The molecule has 1 aliphatic heterocycles. The molecule has 6 heteroatoms. The van der Waals surface area contributed by atoms with Gasteiger partial charge in [-0.2, -0.15) is 0 Å². The van der Waals surface area contributed by atoms with E-state index >= 15 is 0 Å². The smallest absolute Gasteiger partial charge is 0.355 e. The van der Waals surface area contributed by atoms with Crippen LogP contribution < -0.4 is 9.47 Å². The zero-order chi connectivity index (χ0) is 15.8. The van der Waals surface area contributed by atoms with Crippen molar-refractivity contribution in [2.75, 3.05) is 6.79 Å². The molecule has 0 saturated heterocycles. The number of hydrogen-bond donors (Lipinski definition) is 1. The van der Waals surface area contributed by atoms with Gasteiger partial charge in [-0.25, -0.2) is 4.79 Å². The summed E-state index contributed by atoms with van der Waals surface area (Å²) in [6.07, 6.45) is 0. The Morgan fingerprint density at radius 2 is 1.96 bits per heavy atom. The molecule has 0 fully saturated rings. The van der Waals surface area contributed by atoms with E-state index in [1.54, 1.807) is 6.07 Å². The van der Waals surface area contributed by atoms with Gasteiger partial charge in [-0.1, -0.05) is 34.1 Å². The average molecular weight is 374 g/mol. The number of aromatic amines is 1. The van der Waals surface area contributed by atoms with Gasteiger partial charge >= 0.3 is 5.97 Å². The summed E-state index contributed by atoms with van der Waals surface area (Å²) in [5.74, 6) is 0.943. The molecular formula is C17H12BrNO4. The highest BCUT2D eigenvalue weighted by molar-refractivity contribution is 9.10. The van der Waals surface area contributed by atoms with E-state index in [0.717, 1.165) is 20.9 Å². The van der Waals surface area contributed by atoms with Gasteiger partial charge in [0, 0.05) is 20.9 Å². The number of nitrogens with one attached hydrogen (secondary N) is 1. The second kappa shape index (κ2) is 5.62. The molecule has 3 aromatic rings. The van der Waals surface area contributed by atoms with E-state index in [0.29, 0.717) is 17.2 Å². The van der Waals surface area contributed by atoms with E-state index in [1.165, 1.54) is 0 Å². The fourth-order valence-corrected chi connectivity index (χ4v) is 2.91. The molecule has 5 nitrogen and oxygen atoms in total. The lowest BCUT2D eigenvalue weighted by Crippen LogP contribution is -2.06. The largest absolute Gasteiger partial charge is 0.456 e. The molecule has 0 saturated carbocycles. The van der Waals surface area contributed by atoms with E-state index in [9.17, 15) is 4.79 Å². The van der Waals surface area contributed by atoms with Crippen molar-refractivity contribution in [2.45, 2.75) is 6.61 Å². The lowest BCUT2D eigenvalue weighted by atomic mass is 10.2.